The number of methoxy groups -OCH3 is 2. The second kappa shape index (κ2) is 34.2. The highest BCUT2D eigenvalue weighted by atomic mass is 35.5. The average molecular weight is 1680 g/mol. The number of likely N-dealkylation sites (N-methyl/N-ethyl adjacent to an activating group) is 2. The number of alkyl halides is 2. The summed E-state index contributed by atoms with van der Waals surface area (Å²) in [6.45, 7) is 15.6. The summed E-state index contributed by atoms with van der Waals surface area (Å²) in [4.78, 5) is 36.9. The molecule has 21 nitrogen and oxygen atoms in total. The number of aliphatic hydroxyl groups excluding tert-OH is 1. The Morgan fingerprint density at radius 2 is 1.01 bits per heavy atom. The maximum absolute atomic E-state index is 14.0. The van der Waals surface area contributed by atoms with Crippen molar-refractivity contribution in [3.63, 3.8) is 0 Å². The lowest BCUT2D eigenvalue weighted by atomic mass is 9.64. The third-order valence-corrected chi connectivity index (χ3v) is 29.4. The van der Waals surface area contributed by atoms with E-state index >= 15 is 0 Å². The molecule has 14 atom stereocenters. The number of ether oxygens (including phenoxy) is 10. The minimum atomic E-state index is -1.80. The van der Waals surface area contributed by atoms with E-state index in [1.54, 1.807) is 44.7 Å². The van der Waals surface area contributed by atoms with Crippen LogP contribution in [0.3, 0.4) is 0 Å². The molecule has 25 heteroatoms. The monoisotopic (exact) mass is 1680 g/mol. The molecule has 4 fully saturated rings. The molecule has 0 spiro atoms. The number of fused-ring (bicyclic) bond motifs is 23. The molecule has 4 saturated heterocycles. The number of carbonyl (C=O) groups is 2. The molecule has 0 radical (unpaired) electrons. The zero-order chi connectivity index (χ0) is 83.0. The number of phenols is 1. The Kier molecular flexibility index (Phi) is 24.1. The molecule has 8 aliphatic heterocycles. The van der Waals surface area contributed by atoms with Crippen molar-refractivity contribution in [2.45, 2.75) is 165 Å². The Hall–Kier alpha value is -8.50. The smallest absolute Gasteiger partial charge is 0.309 e. The number of rotatable bonds is 20. The molecule has 3 aliphatic carbocycles. The van der Waals surface area contributed by atoms with Gasteiger partial charge in [0.2, 0.25) is 13.6 Å². The molecule has 4 bridgehead atoms. The lowest BCUT2D eigenvalue weighted by Crippen LogP contribution is -2.74. The van der Waals surface area contributed by atoms with Crippen molar-refractivity contribution < 1.29 is 72.3 Å². The number of hydrogen-bond donors (Lipinski definition) is 3. The standard InChI is InChI=1S/C46H51N3O8S.C46H49N3O7S.CH2Cl2/c1-24-15-28-16-34-36(18-47)49-35(40(48(34)5)38(28)41(26(24)3)55-22-53-6)17-46(52)39(43-42(56-23-57-43)27(4)44(46)50)37(49)19-54-45(51)25(2)20-58-21-33-31-13-9-7-11-29(31)30-12-8-10-14-32(30)33;1-24-15-28-16-35-37(18-47)49-36(41(48(35)5)39(28)43(26(24)3)54-22-52-6)17-33-40(45-44(55-23-56-45)27(4)42(33)50)38(49)19-53-46(51)25(2)20-57-21-34-31-13-9-7-11-29(31)30-12-8-10-14-32(30)34;2-1-3/h7-15,25,33-37,40,44,50,52H,16-17,19-23H2,1-6H3;7-15,25,34-38,41,50H,16-17,19-23H2,1-6H3;1H2/t25-,34+,35?,36+,37+,40+,44?,46?;25-,35+,36?,37+,38+,41+;/m11./s1. The van der Waals surface area contributed by atoms with E-state index in [2.05, 4.69) is 169 Å². The van der Waals surface area contributed by atoms with E-state index in [9.17, 15) is 35.4 Å². The van der Waals surface area contributed by atoms with Crippen molar-refractivity contribution >= 4 is 58.7 Å². The fourth-order valence-corrected chi connectivity index (χ4v) is 23.5. The number of halogens is 2. The zero-order valence-corrected chi connectivity index (χ0v) is 71.8. The summed E-state index contributed by atoms with van der Waals surface area (Å²) in [5.74, 6) is 5.36. The number of aryl methyl sites for hydroxylation is 2. The van der Waals surface area contributed by atoms with E-state index < -0.39 is 47.8 Å². The number of piperidine rings is 1. The first-order chi connectivity index (χ1) is 57.0. The van der Waals surface area contributed by atoms with Crippen LogP contribution in [0.15, 0.2) is 132 Å². The highest BCUT2D eigenvalue weighted by Crippen LogP contribution is 2.61. The summed E-state index contributed by atoms with van der Waals surface area (Å²) in [5, 5.41) is 59.1. The molecule has 3 N–H and O–H groups in total. The van der Waals surface area contributed by atoms with Gasteiger partial charge in [-0.25, -0.2) is 0 Å². The van der Waals surface area contributed by atoms with Crippen LogP contribution in [0.25, 0.3) is 22.3 Å². The minimum Gasteiger partial charge on any atom is -0.507 e. The van der Waals surface area contributed by atoms with Gasteiger partial charge < -0.3 is 62.7 Å². The SMILES string of the molecule is COCOc1c(C)c(C)cc2c1[C@@H]1C3CC4(O)C(=C5OCOC5=C(C)C4O)[C@H](COC(=O)[C@H](C)CSCC4c5ccccc5-c5ccccc54)N3[C@@H](C#N)[C@H](C2)N1C.COCOc1c(C)c(C)cc2c1[C@@H]1C3Cc4c(O)c(C)c5c(c4[C@H](COC(=O)[C@H](C)CSCC4c6ccccc6-c6ccccc64)N3[C@@H](C#N)[C@H](C2)N1C)OCO5.ClCCl. The minimum absolute atomic E-state index is 0.00678. The first kappa shape index (κ1) is 83.2. The van der Waals surface area contributed by atoms with Crippen molar-refractivity contribution in [2.75, 3.05) is 97.1 Å². The molecular formula is C93H102Cl2N6O15S2. The normalized spacial score (nSPS) is 25.7. The Labute approximate surface area is 708 Å². The molecule has 8 heterocycles. The molecule has 4 unspecified atom stereocenters. The molecule has 11 aliphatic rings. The van der Waals surface area contributed by atoms with Crippen LogP contribution in [-0.2, 0) is 57.3 Å². The van der Waals surface area contributed by atoms with Gasteiger partial charge in [-0.15, -0.1) is 23.2 Å². The van der Waals surface area contributed by atoms with Crippen LogP contribution in [0.2, 0.25) is 0 Å². The van der Waals surface area contributed by atoms with Crippen molar-refractivity contribution in [1.29, 1.82) is 10.5 Å². The van der Waals surface area contributed by atoms with Gasteiger partial charge in [-0.3, -0.25) is 29.2 Å². The summed E-state index contributed by atoms with van der Waals surface area (Å²) >= 11 is 13.0. The lowest BCUT2D eigenvalue weighted by Gasteiger charge is -2.63. The van der Waals surface area contributed by atoms with Gasteiger partial charge in [0, 0.05) is 119 Å². The van der Waals surface area contributed by atoms with Gasteiger partial charge in [-0.05, 0) is 153 Å². The van der Waals surface area contributed by atoms with Gasteiger partial charge in [0.05, 0.1) is 53.5 Å². The third kappa shape index (κ3) is 14.1. The Morgan fingerprint density at radius 1 is 0.585 bits per heavy atom. The first-order valence-corrected chi connectivity index (χ1v) is 43.9. The molecule has 7 aromatic rings. The number of phenolic OH excluding ortho intramolecular Hbond substituents is 1. The van der Waals surface area contributed by atoms with E-state index in [-0.39, 0.29) is 118 Å². The second-order valence-corrected chi connectivity index (χ2v) is 36.0. The highest BCUT2D eigenvalue weighted by molar-refractivity contribution is 7.99. The molecule has 18 rings (SSSR count). The van der Waals surface area contributed by atoms with E-state index in [0.29, 0.717) is 70.5 Å². The van der Waals surface area contributed by atoms with Gasteiger partial charge in [0.1, 0.15) is 54.3 Å². The molecule has 0 aromatic heterocycles. The maximum Gasteiger partial charge on any atom is 0.309 e. The van der Waals surface area contributed by atoms with E-state index in [1.807, 2.05) is 34.7 Å². The number of esters is 2. The number of aliphatic hydroxyl groups is 2. The number of nitrogens with zero attached hydrogens (tertiary/aromatic N) is 6. The molecule has 118 heavy (non-hydrogen) atoms. The quantitative estimate of drug-likeness (QED) is 0.0364. The van der Waals surface area contributed by atoms with Crippen molar-refractivity contribution in [3.05, 3.63) is 215 Å². The maximum atomic E-state index is 14.0. The Bertz CT molecular complexity index is 5150. The molecular weight excluding hydrogens is 1580 g/mol. The number of nitriles is 2. The zero-order valence-electron chi connectivity index (χ0n) is 68.7. The van der Waals surface area contributed by atoms with Crippen LogP contribution in [0.1, 0.15) is 141 Å². The largest absolute Gasteiger partial charge is 0.507 e. The number of aromatic hydroxyl groups is 1. The van der Waals surface area contributed by atoms with Crippen LogP contribution < -0.4 is 18.9 Å². The van der Waals surface area contributed by atoms with Crippen molar-refractivity contribution in [1.82, 2.24) is 19.6 Å². The summed E-state index contributed by atoms with van der Waals surface area (Å²) in [5.41, 5.74) is 20.1. The fraction of sp³-hybridized carbons (Fsp3) is 0.462. The predicted octanol–water partition coefficient (Wildman–Crippen LogP) is 14.8. The number of piperazine rings is 2. The lowest BCUT2D eigenvalue weighted by molar-refractivity contribution is -0.163. The van der Waals surface area contributed by atoms with Crippen LogP contribution in [0.5, 0.6) is 28.7 Å². The highest BCUT2D eigenvalue weighted by Gasteiger charge is 2.65. The predicted molar refractivity (Wildman–Crippen MR) is 453 cm³/mol. The van der Waals surface area contributed by atoms with Crippen LogP contribution in [0, 0.1) is 69.1 Å². The van der Waals surface area contributed by atoms with Crippen LogP contribution in [-0.4, -0.2) is 198 Å². The van der Waals surface area contributed by atoms with Gasteiger partial charge >= 0.3 is 11.9 Å². The van der Waals surface area contributed by atoms with Crippen molar-refractivity contribution in [3.8, 4) is 63.1 Å². The number of hydrogen-bond acceptors (Lipinski definition) is 23. The molecule has 0 saturated carbocycles. The average Bonchev–Trinajstić information content (AvgIpc) is 0.724. The fourth-order valence-electron chi connectivity index (χ4n) is 21.1. The number of benzene rings is 7. The van der Waals surface area contributed by atoms with Crippen LogP contribution >= 0.6 is 46.7 Å². The Morgan fingerprint density at radius 3 is 1.47 bits per heavy atom. The topological polar surface area (TPSA) is 248 Å². The summed E-state index contributed by atoms with van der Waals surface area (Å²) in [6, 6.07) is 39.8. The van der Waals surface area contributed by atoms with Gasteiger partial charge in [-0.1, -0.05) is 123 Å². The molecule has 0 amide bonds. The summed E-state index contributed by atoms with van der Waals surface area (Å²) in [6.07, 6.45) is 0.448. The van der Waals surface area contributed by atoms with Gasteiger partial charge in [0.25, 0.3) is 0 Å². The van der Waals surface area contributed by atoms with Crippen LogP contribution in [0.4, 0.5) is 0 Å². The third-order valence-electron chi connectivity index (χ3n) is 26.8. The van der Waals surface area contributed by atoms with Gasteiger partial charge in [0.15, 0.2) is 36.6 Å². The summed E-state index contributed by atoms with van der Waals surface area (Å²) < 4.78 is 60.0. The second-order valence-electron chi connectivity index (χ2n) is 33.0. The van der Waals surface area contributed by atoms with E-state index in [4.69, 9.17) is 70.6 Å². The molecule has 7 aromatic carbocycles. The van der Waals surface area contributed by atoms with E-state index in [1.165, 1.54) is 44.5 Å². The first-order valence-electron chi connectivity index (χ1n) is 40.6. The number of carbonyl (C=O) groups excluding carboxylic acids is 2. The van der Waals surface area contributed by atoms with Gasteiger partial charge in [-0.2, -0.15) is 34.0 Å². The Balaban J connectivity index is 0.000000171. The summed E-state index contributed by atoms with van der Waals surface area (Å²) in [7, 11) is 7.33. The number of thioether (sulfide) groups is 2. The molecule has 620 valence electrons. The van der Waals surface area contributed by atoms with Crippen molar-refractivity contribution in [2.24, 2.45) is 11.8 Å². The van der Waals surface area contributed by atoms with E-state index in [0.717, 1.165) is 78.6 Å².